The first kappa shape index (κ1) is 19.3. The number of nitrogens with zero attached hydrogens (tertiary/aromatic N) is 2. The molecule has 2 N–H and O–H groups in total. The van der Waals surface area contributed by atoms with E-state index in [9.17, 15) is 9.59 Å². The van der Waals surface area contributed by atoms with Crippen LogP contribution in [0.1, 0.15) is 45.4 Å². The molecule has 1 aliphatic heterocycles. The monoisotopic (exact) mass is 326 g/mol. The lowest BCUT2D eigenvalue weighted by molar-refractivity contribution is -0.140. The maximum absolute atomic E-state index is 11.5. The van der Waals surface area contributed by atoms with E-state index >= 15 is 0 Å². The maximum atomic E-state index is 11.5. The lowest BCUT2D eigenvalue weighted by atomic mass is 10.2. The Bertz CT molecular complexity index is 399. The number of unbranched alkanes of at least 4 members (excludes halogenated alkanes) is 1. The van der Waals surface area contributed by atoms with Gasteiger partial charge in [-0.15, -0.1) is 0 Å². The third-order valence-corrected chi connectivity index (χ3v) is 3.70. The highest BCUT2D eigenvalue weighted by atomic mass is 16.5. The molecule has 0 aromatic heterocycles. The van der Waals surface area contributed by atoms with Crippen molar-refractivity contribution in [1.29, 1.82) is 0 Å². The van der Waals surface area contributed by atoms with Gasteiger partial charge >= 0.3 is 5.97 Å². The summed E-state index contributed by atoms with van der Waals surface area (Å²) in [5.41, 5.74) is 0. The molecule has 1 heterocycles. The van der Waals surface area contributed by atoms with Gasteiger partial charge in [-0.1, -0.05) is 0 Å². The number of aliphatic imine (C=N–C) groups is 1. The summed E-state index contributed by atoms with van der Waals surface area (Å²) in [6, 6.07) is 0. The first-order valence-corrected chi connectivity index (χ1v) is 8.54. The van der Waals surface area contributed by atoms with E-state index in [0.717, 1.165) is 57.8 Å². The quantitative estimate of drug-likeness (QED) is 0.270. The van der Waals surface area contributed by atoms with Gasteiger partial charge in [-0.3, -0.25) is 14.6 Å². The van der Waals surface area contributed by atoms with Gasteiger partial charge in [-0.25, -0.2) is 0 Å². The fourth-order valence-electron chi connectivity index (χ4n) is 2.44. The zero-order valence-electron chi connectivity index (χ0n) is 14.4. The van der Waals surface area contributed by atoms with Crippen molar-refractivity contribution in [1.82, 2.24) is 15.5 Å². The fourth-order valence-corrected chi connectivity index (χ4v) is 2.44. The summed E-state index contributed by atoms with van der Waals surface area (Å²) in [4.78, 5) is 29.0. The Labute approximate surface area is 138 Å². The second kappa shape index (κ2) is 11.7. The Balaban J connectivity index is 2.16. The summed E-state index contributed by atoms with van der Waals surface area (Å²) < 4.78 is 4.61. The van der Waals surface area contributed by atoms with E-state index in [1.165, 1.54) is 7.11 Å². The highest BCUT2D eigenvalue weighted by Crippen LogP contribution is 2.09. The van der Waals surface area contributed by atoms with E-state index in [0.29, 0.717) is 19.4 Å². The summed E-state index contributed by atoms with van der Waals surface area (Å²) in [5.74, 6) is 0.893. The minimum Gasteiger partial charge on any atom is -0.469 e. The average Bonchev–Trinajstić information content (AvgIpc) is 2.95. The Morgan fingerprint density at radius 1 is 1.30 bits per heavy atom. The molecule has 1 rings (SSSR count). The van der Waals surface area contributed by atoms with Gasteiger partial charge in [-0.05, 0) is 32.6 Å². The largest absolute Gasteiger partial charge is 0.469 e. The Morgan fingerprint density at radius 2 is 2.13 bits per heavy atom. The van der Waals surface area contributed by atoms with Crippen molar-refractivity contribution >= 4 is 17.8 Å². The van der Waals surface area contributed by atoms with E-state index in [1.807, 2.05) is 11.8 Å². The third kappa shape index (κ3) is 8.42. The summed E-state index contributed by atoms with van der Waals surface area (Å²) in [5, 5.41) is 6.45. The topological polar surface area (TPSA) is 83.0 Å². The summed E-state index contributed by atoms with van der Waals surface area (Å²) >= 11 is 0. The molecule has 7 nitrogen and oxygen atoms in total. The molecule has 0 aliphatic carbocycles. The highest BCUT2D eigenvalue weighted by Gasteiger charge is 2.18. The molecular formula is C16H30N4O3. The number of nitrogens with one attached hydrogen (secondary N) is 2. The predicted octanol–water partition coefficient (Wildman–Crippen LogP) is 0.897. The Hall–Kier alpha value is -1.79. The van der Waals surface area contributed by atoms with Gasteiger partial charge < -0.3 is 20.3 Å². The molecule has 1 fully saturated rings. The van der Waals surface area contributed by atoms with Crippen molar-refractivity contribution in [2.24, 2.45) is 4.99 Å². The van der Waals surface area contributed by atoms with Crippen molar-refractivity contribution < 1.29 is 14.3 Å². The number of carbonyl (C=O) groups excluding carboxylic acids is 2. The van der Waals surface area contributed by atoms with Gasteiger partial charge in [0.15, 0.2) is 5.96 Å². The van der Waals surface area contributed by atoms with Gasteiger partial charge in [0.25, 0.3) is 0 Å². The van der Waals surface area contributed by atoms with Crippen LogP contribution in [0.4, 0.5) is 0 Å². The van der Waals surface area contributed by atoms with Gasteiger partial charge in [0.2, 0.25) is 5.91 Å². The molecule has 0 bridgehead atoms. The predicted molar refractivity (Wildman–Crippen MR) is 90.3 cm³/mol. The molecule has 0 aromatic carbocycles. The van der Waals surface area contributed by atoms with E-state index in [4.69, 9.17) is 0 Å². The Morgan fingerprint density at radius 3 is 2.78 bits per heavy atom. The molecule has 0 unspecified atom stereocenters. The van der Waals surface area contributed by atoms with E-state index in [1.54, 1.807) is 0 Å². The number of hydrogen-bond acceptors (Lipinski definition) is 4. The smallest absolute Gasteiger partial charge is 0.305 e. The third-order valence-electron chi connectivity index (χ3n) is 3.70. The van der Waals surface area contributed by atoms with Crippen LogP contribution in [0.5, 0.6) is 0 Å². The molecular weight excluding hydrogens is 296 g/mol. The van der Waals surface area contributed by atoms with Gasteiger partial charge in [0, 0.05) is 45.6 Å². The molecule has 0 saturated carbocycles. The van der Waals surface area contributed by atoms with Gasteiger partial charge in [0.05, 0.1) is 7.11 Å². The van der Waals surface area contributed by atoms with Crippen LogP contribution in [0.2, 0.25) is 0 Å². The summed E-state index contributed by atoms with van der Waals surface area (Å²) in [6.45, 7) is 5.98. The minimum atomic E-state index is -0.165. The number of carbonyl (C=O) groups is 2. The number of rotatable bonds is 10. The van der Waals surface area contributed by atoms with Crippen molar-refractivity contribution in [3.63, 3.8) is 0 Å². The SMILES string of the molecule is CCNC(=NCCCN1CCCC1=O)NCCCCC(=O)OC. The molecule has 0 atom stereocenters. The molecule has 7 heteroatoms. The van der Waals surface area contributed by atoms with Crippen LogP contribution in [-0.4, -0.2) is 62.6 Å². The number of methoxy groups -OCH3 is 1. The molecule has 1 amide bonds. The fraction of sp³-hybridized carbons (Fsp3) is 0.812. The number of esters is 1. The van der Waals surface area contributed by atoms with Crippen molar-refractivity contribution in [2.75, 3.05) is 39.8 Å². The molecule has 1 aliphatic rings. The average molecular weight is 326 g/mol. The molecule has 23 heavy (non-hydrogen) atoms. The maximum Gasteiger partial charge on any atom is 0.305 e. The van der Waals surface area contributed by atoms with Crippen LogP contribution in [0.15, 0.2) is 4.99 Å². The zero-order chi connectivity index (χ0) is 16.9. The minimum absolute atomic E-state index is 0.165. The second-order valence-electron chi connectivity index (χ2n) is 5.56. The number of hydrogen-bond donors (Lipinski definition) is 2. The second-order valence-corrected chi connectivity index (χ2v) is 5.56. The van der Waals surface area contributed by atoms with E-state index < -0.39 is 0 Å². The zero-order valence-corrected chi connectivity index (χ0v) is 14.4. The molecule has 0 radical (unpaired) electrons. The number of likely N-dealkylation sites (tertiary alicyclic amines) is 1. The normalized spacial score (nSPS) is 15.0. The molecule has 0 spiro atoms. The van der Waals surface area contributed by atoms with Crippen molar-refractivity contribution in [3.8, 4) is 0 Å². The van der Waals surface area contributed by atoms with Crippen molar-refractivity contribution in [2.45, 2.75) is 45.4 Å². The Kier molecular flexibility index (Phi) is 9.83. The van der Waals surface area contributed by atoms with Crippen LogP contribution in [-0.2, 0) is 14.3 Å². The standard InChI is InChI=1S/C16H30N4O3/c1-3-17-16(18-10-5-4-9-15(22)23-2)19-11-7-13-20-12-6-8-14(20)21/h3-13H2,1-2H3,(H2,17,18,19). The summed E-state index contributed by atoms with van der Waals surface area (Å²) in [7, 11) is 1.41. The van der Waals surface area contributed by atoms with Crippen LogP contribution < -0.4 is 10.6 Å². The van der Waals surface area contributed by atoms with Gasteiger partial charge in [0.1, 0.15) is 0 Å². The number of ether oxygens (including phenoxy) is 1. The van der Waals surface area contributed by atoms with E-state index in [2.05, 4.69) is 20.4 Å². The van der Waals surface area contributed by atoms with Crippen molar-refractivity contribution in [3.05, 3.63) is 0 Å². The van der Waals surface area contributed by atoms with E-state index in [-0.39, 0.29) is 11.9 Å². The van der Waals surface area contributed by atoms with Crippen LogP contribution in [0.25, 0.3) is 0 Å². The van der Waals surface area contributed by atoms with Crippen LogP contribution in [0.3, 0.4) is 0 Å². The lowest BCUT2D eigenvalue weighted by Crippen LogP contribution is -2.38. The molecule has 1 saturated heterocycles. The first-order chi connectivity index (χ1) is 11.2. The highest BCUT2D eigenvalue weighted by molar-refractivity contribution is 5.79. The number of amides is 1. The van der Waals surface area contributed by atoms with Gasteiger partial charge in [-0.2, -0.15) is 0 Å². The first-order valence-electron chi connectivity index (χ1n) is 8.54. The number of guanidine groups is 1. The molecule has 0 aromatic rings. The summed E-state index contributed by atoms with van der Waals surface area (Å²) in [6.07, 6.45) is 4.70. The molecule has 132 valence electrons. The van der Waals surface area contributed by atoms with Crippen LogP contribution >= 0.6 is 0 Å². The lowest BCUT2D eigenvalue weighted by Gasteiger charge is -2.15. The van der Waals surface area contributed by atoms with Crippen LogP contribution in [0, 0.1) is 0 Å².